The summed E-state index contributed by atoms with van der Waals surface area (Å²) in [7, 11) is 0. The summed E-state index contributed by atoms with van der Waals surface area (Å²) in [5.74, 6) is 2.76. The predicted octanol–water partition coefficient (Wildman–Crippen LogP) is 6.31. The van der Waals surface area contributed by atoms with Crippen molar-refractivity contribution in [3.05, 3.63) is 82.9 Å². The van der Waals surface area contributed by atoms with Crippen molar-refractivity contribution in [2.45, 2.75) is 45.4 Å². The maximum Gasteiger partial charge on any atom is 0.124 e. The quantitative estimate of drug-likeness (QED) is 0.199. The van der Waals surface area contributed by atoms with E-state index in [0.29, 0.717) is 22.5 Å². The summed E-state index contributed by atoms with van der Waals surface area (Å²) in [6, 6.07) is 13.4. The van der Waals surface area contributed by atoms with E-state index in [0.717, 1.165) is 45.5 Å². The van der Waals surface area contributed by atoms with Gasteiger partial charge in [-0.1, -0.05) is 56.5 Å². The van der Waals surface area contributed by atoms with Gasteiger partial charge in [0, 0.05) is 48.0 Å². The zero-order valence-electron chi connectivity index (χ0n) is 22.6. The zero-order chi connectivity index (χ0) is 28.0. The topological polar surface area (TPSA) is 77.1 Å². The van der Waals surface area contributed by atoms with Crippen LogP contribution in [0.5, 0.6) is 0 Å². The third kappa shape index (κ3) is 5.10. The van der Waals surface area contributed by atoms with Crippen molar-refractivity contribution < 1.29 is 4.39 Å². The maximum atomic E-state index is 13.9. The molecule has 4 N–H and O–H groups in total. The predicted molar refractivity (Wildman–Crippen MR) is 160 cm³/mol. The molecule has 0 bridgehead atoms. The number of halogens is 2. The monoisotopic (exact) mass is 555 g/mol. The van der Waals surface area contributed by atoms with E-state index in [1.54, 1.807) is 17.4 Å². The second-order valence-corrected chi connectivity index (χ2v) is 11.9. The number of benzene rings is 2. The van der Waals surface area contributed by atoms with Crippen LogP contribution in [0, 0.1) is 17.8 Å². The summed E-state index contributed by atoms with van der Waals surface area (Å²) in [6.45, 7) is 7.20. The molecule has 2 aliphatic rings. The lowest BCUT2D eigenvalue weighted by Crippen LogP contribution is -2.39. The molecular weight excluding hydrogens is 525 g/mol. The van der Waals surface area contributed by atoms with Crippen LogP contribution in [0.3, 0.4) is 0 Å². The summed E-state index contributed by atoms with van der Waals surface area (Å²) < 4.78 is 13.9. The normalized spacial score (nSPS) is 19.2. The molecule has 0 saturated heterocycles. The van der Waals surface area contributed by atoms with Crippen LogP contribution >= 0.6 is 11.6 Å². The molecule has 40 heavy (non-hydrogen) atoms. The summed E-state index contributed by atoms with van der Waals surface area (Å²) in [4.78, 5) is 9.12. The molecule has 0 radical (unpaired) electrons. The van der Waals surface area contributed by atoms with Crippen molar-refractivity contribution >= 4 is 44.8 Å². The summed E-state index contributed by atoms with van der Waals surface area (Å²) in [5.41, 5.74) is 12.1. The van der Waals surface area contributed by atoms with Gasteiger partial charge in [-0.05, 0) is 35.2 Å². The van der Waals surface area contributed by atoms with E-state index >= 15 is 0 Å². The Bertz CT molecular complexity index is 1670. The first-order chi connectivity index (χ1) is 19.2. The standard InChI is InChI=1S/C31H31ClFN7/c1-5-18-15-35-29-22(28(18)36-17-31(2,3)4)12-19(13-23(29)32)37-30(26-16-40(39-38-26)27-14-24(27)33)21-8-6-10-25-20(21)9-7-11-34-25/h1,6-13,15-16,24,27,30,37-39H,14,17H2,2-4H3,(H,35,36)/t24-,27+,30-/m0/s1. The Labute approximate surface area is 238 Å². The van der Waals surface area contributed by atoms with Gasteiger partial charge >= 0.3 is 0 Å². The molecule has 1 aliphatic carbocycles. The van der Waals surface area contributed by atoms with E-state index in [1.165, 1.54) is 0 Å². The molecule has 1 saturated carbocycles. The molecule has 0 unspecified atom stereocenters. The van der Waals surface area contributed by atoms with E-state index in [-0.39, 0.29) is 17.5 Å². The molecular formula is C31H31ClFN7. The van der Waals surface area contributed by atoms with Gasteiger partial charge in [-0.25, -0.2) is 4.39 Å². The summed E-state index contributed by atoms with van der Waals surface area (Å²) >= 11 is 6.81. The van der Waals surface area contributed by atoms with Crippen LogP contribution < -0.4 is 21.6 Å². The number of hydrogen-bond donors (Lipinski definition) is 4. The van der Waals surface area contributed by atoms with Crippen molar-refractivity contribution in [1.29, 1.82) is 0 Å². The average Bonchev–Trinajstić information content (AvgIpc) is 3.46. The van der Waals surface area contributed by atoms with E-state index < -0.39 is 6.17 Å². The van der Waals surface area contributed by atoms with Gasteiger partial charge in [-0.3, -0.25) is 15.0 Å². The SMILES string of the molecule is C#Cc1cnc2c(Cl)cc(N[C@H](C3=CN([C@@H]4C[C@@H]4F)NN3)c3cccc4ncccc34)cc2c1NCC(C)(C)C. The highest BCUT2D eigenvalue weighted by Crippen LogP contribution is 2.38. The molecule has 2 aromatic heterocycles. The van der Waals surface area contributed by atoms with Gasteiger partial charge in [0.05, 0.1) is 45.1 Å². The van der Waals surface area contributed by atoms with Crippen LogP contribution in [-0.2, 0) is 0 Å². The fourth-order valence-corrected chi connectivity index (χ4v) is 5.24. The first-order valence-electron chi connectivity index (χ1n) is 13.3. The minimum Gasteiger partial charge on any atom is -0.383 e. The van der Waals surface area contributed by atoms with Crippen molar-refractivity contribution in [3.8, 4) is 12.3 Å². The summed E-state index contributed by atoms with van der Waals surface area (Å²) in [5, 5.41) is 11.4. The molecule has 4 aromatic rings. The number of hydrazine groups is 2. The molecule has 7 nitrogen and oxygen atoms in total. The largest absolute Gasteiger partial charge is 0.383 e. The molecule has 204 valence electrons. The van der Waals surface area contributed by atoms with Gasteiger partial charge in [0.2, 0.25) is 0 Å². The molecule has 0 amide bonds. The van der Waals surface area contributed by atoms with Crippen LogP contribution in [0.4, 0.5) is 15.8 Å². The number of terminal acetylenes is 1. The third-order valence-corrected chi connectivity index (χ3v) is 7.42. The Hall–Kier alpha value is -4.06. The van der Waals surface area contributed by atoms with Gasteiger partial charge in [0.25, 0.3) is 0 Å². The second kappa shape index (κ2) is 10.2. The van der Waals surface area contributed by atoms with Gasteiger partial charge in [-0.2, -0.15) is 0 Å². The van der Waals surface area contributed by atoms with Gasteiger partial charge in [0.1, 0.15) is 6.17 Å². The number of nitrogens with zero attached hydrogens (tertiary/aromatic N) is 3. The molecule has 9 heteroatoms. The first kappa shape index (κ1) is 26.2. The van der Waals surface area contributed by atoms with Crippen molar-refractivity contribution in [3.63, 3.8) is 0 Å². The number of alkyl halides is 1. The van der Waals surface area contributed by atoms with Crippen molar-refractivity contribution in [1.82, 2.24) is 25.9 Å². The Morgan fingerprint density at radius 1 is 1.20 bits per heavy atom. The van der Waals surface area contributed by atoms with Gasteiger partial charge < -0.3 is 16.1 Å². The average molecular weight is 556 g/mol. The highest BCUT2D eigenvalue weighted by atomic mass is 35.5. The number of fused-ring (bicyclic) bond motifs is 2. The van der Waals surface area contributed by atoms with Crippen molar-refractivity contribution in [2.75, 3.05) is 17.2 Å². The van der Waals surface area contributed by atoms with Gasteiger partial charge in [-0.15, -0.1) is 12.0 Å². The lowest BCUT2D eigenvalue weighted by atomic mass is 9.96. The fourth-order valence-electron chi connectivity index (χ4n) is 4.97. The van der Waals surface area contributed by atoms with Crippen LogP contribution in [0.15, 0.2) is 66.8 Å². The highest BCUT2D eigenvalue weighted by Gasteiger charge is 2.43. The molecule has 2 aromatic carbocycles. The minimum absolute atomic E-state index is 0.0360. The van der Waals surface area contributed by atoms with Crippen molar-refractivity contribution in [2.24, 2.45) is 5.41 Å². The van der Waals surface area contributed by atoms with Crippen LogP contribution in [0.1, 0.15) is 44.4 Å². The van der Waals surface area contributed by atoms with Crippen LogP contribution in [0.25, 0.3) is 21.8 Å². The summed E-state index contributed by atoms with van der Waals surface area (Å²) in [6.07, 6.45) is 10.9. The molecule has 1 fully saturated rings. The highest BCUT2D eigenvalue weighted by molar-refractivity contribution is 6.35. The number of rotatable bonds is 7. The van der Waals surface area contributed by atoms with E-state index in [2.05, 4.69) is 70.4 Å². The minimum atomic E-state index is -0.839. The molecule has 6 rings (SSSR count). The number of aromatic nitrogens is 2. The zero-order valence-corrected chi connectivity index (χ0v) is 23.4. The fraction of sp³-hybridized carbons (Fsp3) is 0.290. The number of hydrogen-bond acceptors (Lipinski definition) is 7. The van der Waals surface area contributed by atoms with Crippen LogP contribution in [-0.4, -0.2) is 33.7 Å². The molecule has 0 spiro atoms. The van der Waals surface area contributed by atoms with Gasteiger partial charge in [0.15, 0.2) is 0 Å². The number of pyridine rings is 2. The van der Waals surface area contributed by atoms with Crippen LogP contribution in [0.2, 0.25) is 5.02 Å². The van der Waals surface area contributed by atoms with E-state index in [4.69, 9.17) is 18.0 Å². The lowest BCUT2D eigenvalue weighted by molar-refractivity contribution is 0.236. The van der Waals surface area contributed by atoms with E-state index in [1.807, 2.05) is 36.5 Å². The number of nitrogens with one attached hydrogen (secondary N) is 4. The molecule has 3 heterocycles. The Morgan fingerprint density at radius 2 is 2.02 bits per heavy atom. The molecule has 1 aliphatic heterocycles. The Kier molecular flexibility index (Phi) is 6.65. The first-order valence-corrected chi connectivity index (χ1v) is 13.7. The number of anilines is 2. The lowest BCUT2D eigenvalue weighted by Gasteiger charge is -2.24. The Balaban J connectivity index is 1.45. The smallest absolute Gasteiger partial charge is 0.124 e. The van der Waals surface area contributed by atoms with E-state index in [9.17, 15) is 4.39 Å². The second-order valence-electron chi connectivity index (χ2n) is 11.5. The maximum absolute atomic E-state index is 13.9. The molecule has 3 atom stereocenters. The Morgan fingerprint density at radius 3 is 2.77 bits per heavy atom. The third-order valence-electron chi connectivity index (χ3n) is 7.13.